The molecule has 18 heavy (non-hydrogen) atoms. The van der Waals surface area contributed by atoms with Gasteiger partial charge in [-0.25, -0.2) is 0 Å². The van der Waals surface area contributed by atoms with Crippen LogP contribution >= 0.6 is 15.9 Å². The molecule has 2 unspecified atom stereocenters. The smallest absolute Gasteiger partial charge is 0.307 e. The molecular weight excluding hydrogens is 302 g/mol. The maximum absolute atomic E-state index is 11.0. The zero-order valence-corrected chi connectivity index (χ0v) is 11.1. The Balaban J connectivity index is 1.88. The second kappa shape index (κ2) is 4.44. The monoisotopic (exact) mass is 313 g/mol. The van der Waals surface area contributed by atoms with Crippen molar-refractivity contribution in [3.8, 4) is 11.5 Å². The third kappa shape index (κ3) is 1.85. The third-order valence-corrected chi connectivity index (χ3v) is 4.18. The van der Waals surface area contributed by atoms with E-state index in [1.54, 1.807) is 0 Å². The molecule has 1 saturated heterocycles. The summed E-state index contributed by atoms with van der Waals surface area (Å²) < 4.78 is 11.5. The minimum Gasteiger partial charge on any atom is -0.481 e. The van der Waals surface area contributed by atoms with Crippen LogP contribution in [0, 0.1) is 5.92 Å². The van der Waals surface area contributed by atoms with Gasteiger partial charge in [0.1, 0.15) is 0 Å². The normalized spacial score (nSPS) is 25.4. The minimum atomic E-state index is -0.748. The molecule has 0 saturated carbocycles. The van der Waals surface area contributed by atoms with E-state index >= 15 is 0 Å². The fraction of sp³-hybridized carbons (Fsp3) is 0.417. The van der Waals surface area contributed by atoms with Gasteiger partial charge in [-0.05, 0) is 34.0 Å². The Bertz CT molecular complexity index is 505. The van der Waals surface area contributed by atoms with Crippen molar-refractivity contribution in [3.63, 3.8) is 0 Å². The Kier molecular flexibility index (Phi) is 2.91. The van der Waals surface area contributed by atoms with E-state index < -0.39 is 5.97 Å². The lowest BCUT2D eigenvalue weighted by atomic mass is 10.00. The summed E-state index contributed by atoms with van der Waals surface area (Å²) in [6.45, 7) is 0.730. The topological polar surface area (TPSA) is 67.8 Å². The van der Waals surface area contributed by atoms with E-state index in [2.05, 4.69) is 21.2 Å². The number of ether oxygens (including phenoxy) is 2. The number of nitrogens with one attached hydrogen (secondary N) is 1. The lowest BCUT2D eigenvalue weighted by Crippen LogP contribution is -2.17. The number of hydrogen-bond donors (Lipinski definition) is 2. The fourth-order valence-electron chi connectivity index (χ4n) is 2.38. The Morgan fingerprint density at radius 2 is 2.28 bits per heavy atom. The molecule has 3 rings (SSSR count). The molecule has 2 N–H and O–H groups in total. The molecule has 2 aliphatic rings. The molecule has 2 aliphatic heterocycles. The van der Waals surface area contributed by atoms with E-state index in [1.807, 2.05) is 12.1 Å². The Hall–Kier alpha value is -1.27. The highest BCUT2D eigenvalue weighted by atomic mass is 79.9. The molecular formula is C12H12BrNO4. The number of halogens is 1. The summed E-state index contributed by atoms with van der Waals surface area (Å²) in [5, 5.41) is 12.2. The van der Waals surface area contributed by atoms with Gasteiger partial charge in [0.15, 0.2) is 11.5 Å². The summed E-state index contributed by atoms with van der Waals surface area (Å²) in [6.07, 6.45) is 0.591. The van der Waals surface area contributed by atoms with E-state index in [1.165, 1.54) is 0 Å². The Morgan fingerprint density at radius 1 is 1.44 bits per heavy atom. The third-order valence-electron chi connectivity index (χ3n) is 3.36. The number of carboxylic acids is 1. The molecule has 1 fully saturated rings. The van der Waals surface area contributed by atoms with E-state index in [0.717, 1.165) is 15.8 Å². The molecule has 6 heteroatoms. The fourth-order valence-corrected chi connectivity index (χ4v) is 3.10. The van der Waals surface area contributed by atoms with E-state index in [0.29, 0.717) is 18.7 Å². The average molecular weight is 314 g/mol. The zero-order valence-electron chi connectivity index (χ0n) is 9.48. The predicted octanol–water partition coefficient (Wildman–Crippen LogP) is 1.91. The molecule has 0 spiro atoms. The van der Waals surface area contributed by atoms with E-state index in [9.17, 15) is 4.79 Å². The van der Waals surface area contributed by atoms with Crippen molar-refractivity contribution in [2.45, 2.75) is 12.5 Å². The summed E-state index contributed by atoms with van der Waals surface area (Å²) in [4.78, 5) is 11.0. The molecule has 96 valence electrons. The average Bonchev–Trinajstić information content (AvgIpc) is 2.97. The van der Waals surface area contributed by atoms with Crippen molar-refractivity contribution in [2.24, 2.45) is 5.92 Å². The van der Waals surface area contributed by atoms with Gasteiger partial charge in [-0.15, -0.1) is 0 Å². The SMILES string of the molecule is O=C(O)C1CNC(c2ccc3c(c2Br)OCO3)C1. The summed E-state index contributed by atoms with van der Waals surface area (Å²) in [7, 11) is 0. The van der Waals surface area contributed by atoms with Crippen LogP contribution in [-0.2, 0) is 4.79 Å². The van der Waals surface area contributed by atoms with Gasteiger partial charge < -0.3 is 19.9 Å². The van der Waals surface area contributed by atoms with Gasteiger partial charge in [-0.2, -0.15) is 0 Å². The highest BCUT2D eigenvalue weighted by molar-refractivity contribution is 9.10. The molecule has 0 amide bonds. The van der Waals surface area contributed by atoms with Gasteiger partial charge in [0, 0.05) is 12.6 Å². The lowest BCUT2D eigenvalue weighted by Gasteiger charge is -2.14. The predicted molar refractivity (Wildman–Crippen MR) is 66.8 cm³/mol. The number of rotatable bonds is 2. The first-order valence-electron chi connectivity index (χ1n) is 5.71. The second-order valence-electron chi connectivity index (χ2n) is 4.43. The maximum atomic E-state index is 11.0. The van der Waals surface area contributed by atoms with Crippen LogP contribution in [0.5, 0.6) is 11.5 Å². The number of aliphatic carboxylic acids is 1. The number of fused-ring (bicyclic) bond motifs is 1. The number of carboxylic acid groups (broad SMARTS) is 1. The zero-order chi connectivity index (χ0) is 12.7. The molecule has 5 nitrogen and oxygen atoms in total. The van der Waals surface area contributed by atoms with Crippen LogP contribution in [0.3, 0.4) is 0 Å². The van der Waals surface area contributed by atoms with Crippen molar-refractivity contribution in [3.05, 3.63) is 22.2 Å². The molecule has 2 heterocycles. The van der Waals surface area contributed by atoms with Crippen LogP contribution in [0.2, 0.25) is 0 Å². The molecule has 0 aromatic heterocycles. The van der Waals surface area contributed by atoms with Crippen molar-refractivity contribution in [1.82, 2.24) is 5.32 Å². The quantitative estimate of drug-likeness (QED) is 0.873. The van der Waals surface area contributed by atoms with Crippen molar-refractivity contribution < 1.29 is 19.4 Å². The molecule has 0 radical (unpaired) electrons. The van der Waals surface area contributed by atoms with Crippen LogP contribution in [0.4, 0.5) is 0 Å². The molecule has 0 aliphatic carbocycles. The van der Waals surface area contributed by atoms with Gasteiger partial charge in [-0.3, -0.25) is 4.79 Å². The summed E-state index contributed by atoms with van der Waals surface area (Å²) in [6, 6.07) is 3.84. The molecule has 2 atom stereocenters. The number of carbonyl (C=O) groups is 1. The molecule has 1 aromatic carbocycles. The van der Waals surface area contributed by atoms with E-state index in [-0.39, 0.29) is 18.8 Å². The highest BCUT2D eigenvalue weighted by Gasteiger charge is 2.32. The second-order valence-corrected chi connectivity index (χ2v) is 5.23. The summed E-state index contributed by atoms with van der Waals surface area (Å²) in [5.41, 5.74) is 1.02. The first-order chi connectivity index (χ1) is 8.66. The first-order valence-corrected chi connectivity index (χ1v) is 6.50. The van der Waals surface area contributed by atoms with Crippen molar-refractivity contribution in [2.75, 3.05) is 13.3 Å². The van der Waals surface area contributed by atoms with Crippen LogP contribution in [0.15, 0.2) is 16.6 Å². The molecule has 0 bridgehead atoms. The highest BCUT2D eigenvalue weighted by Crippen LogP contribution is 2.44. The van der Waals surface area contributed by atoms with Gasteiger partial charge in [-0.1, -0.05) is 6.07 Å². The largest absolute Gasteiger partial charge is 0.481 e. The summed E-state index contributed by atoms with van der Waals surface area (Å²) >= 11 is 3.51. The van der Waals surface area contributed by atoms with Crippen molar-refractivity contribution in [1.29, 1.82) is 0 Å². The maximum Gasteiger partial charge on any atom is 0.307 e. The van der Waals surface area contributed by atoms with E-state index in [4.69, 9.17) is 14.6 Å². The van der Waals surface area contributed by atoms with Crippen LogP contribution < -0.4 is 14.8 Å². The Morgan fingerprint density at radius 3 is 3.00 bits per heavy atom. The van der Waals surface area contributed by atoms with Gasteiger partial charge in [0.25, 0.3) is 0 Å². The Labute approximate surface area is 112 Å². The molecule has 1 aromatic rings. The van der Waals surface area contributed by atoms with Gasteiger partial charge in [0.2, 0.25) is 6.79 Å². The summed E-state index contributed by atoms with van der Waals surface area (Å²) in [5.74, 6) is 0.348. The lowest BCUT2D eigenvalue weighted by molar-refractivity contribution is -0.141. The first kappa shape index (κ1) is 11.8. The minimum absolute atomic E-state index is 0.0370. The van der Waals surface area contributed by atoms with Gasteiger partial charge >= 0.3 is 5.97 Å². The van der Waals surface area contributed by atoms with Gasteiger partial charge in [0.05, 0.1) is 10.4 Å². The van der Waals surface area contributed by atoms with Crippen LogP contribution in [-0.4, -0.2) is 24.4 Å². The standard InChI is InChI=1S/C12H12BrNO4/c13-10-7(1-2-9-11(10)18-5-17-9)8-3-6(4-14-8)12(15)16/h1-2,6,8,14H,3-5H2,(H,15,16). The van der Waals surface area contributed by atoms with Crippen LogP contribution in [0.25, 0.3) is 0 Å². The van der Waals surface area contributed by atoms with Crippen LogP contribution in [0.1, 0.15) is 18.0 Å². The van der Waals surface area contributed by atoms with Crippen molar-refractivity contribution >= 4 is 21.9 Å². The number of hydrogen-bond acceptors (Lipinski definition) is 4. The number of benzene rings is 1.